The van der Waals surface area contributed by atoms with E-state index in [0.717, 1.165) is 22.3 Å². The van der Waals surface area contributed by atoms with E-state index in [4.69, 9.17) is 9.84 Å². The van der Waals surface area contributed by atoms with Crippen molar-refractivity contribution < 1.29 is 29.3 Å². The Morgan fingerprint density at radius 3 is 2.10 bits per heavy atom. The summed E-state index contributed by atoms with van der Waals surface area (Å²) in [6.45, 7) is 0.887. The quantitative estimate of drug-likeness (QED) is 0.560. The van der Waals surface area contributed by atoms with E-state index in [9.17, 15) is 19.5 Å². The fourth-order valence-corrected chi connectivity index (χ4v) is 3.42. The lowest BCUT2D eigenvalue weighted by atomic mass is 9.98. The van der Waals surface area contributed by atoms with Gasteiger partial charge in [-0.15, -0.1) is 0 Å². The topological polar surface area (TPSA) is 125 Å². The minimum Gasteiger partial charge on any atom is -0.480 e. The number of nitrogens with one attached hydrogen (secondary N) is 2. The molecule has 4 N–H and O–H groups in total. The molecule has 1 aliphatic rings. The van der Waals surface area contributed by atoms with Crippen molar-refractivity contribution in [3.05, 3.63) is 59.7 Å². The second kappa shape index (κ2) is 8.74. The number of carboxylic acid groups (broad SMARTS) is 1. The Morgan fingerprint density at radius 1 is 1.03 bits per heavy atom. The van der Waals surface area contributed by atoms with Crippen LogP contribution >= 0.6 is 0 Å². The van der Waals surface area contributed by atoms with Gasteiger partial charge in [0.05, 0.1) is 6.10 Å². The van der Waals surface area contributed by atoms with Gasteiger partial charge in [0, 0.05) is 5.92 Å². The van der Waals surface area contributed by atoms with Crippen LogP contribution in [0.15, 0.2) is 48.5 Å². The molecule has 0 unspecified atom stereocenters. The number of carbonyl (C=O) groups is 3. The van der Waals surface area contributed by atoms with Gasteiger partial charge < -0.3 is 25.6 Å². The molecule has 0 spiro atoms. The number of benzene rings is 2. The van der Waals surface area contributed by atoms with E-state index in [-0.39, 0.29) is 12.5 Å². The molecule has 29 heavy (non-hydrogen) atoms. The molecular weight excluding hydrogens is 376 g/mol. The van der Waals surface area contributed by atoms with Crippen LogP contribution in [-0.4, -0.2) is 53.5 Å². The van der Waals surface area contributed by atoms with Gasteiger partial charge in [0.2, 0.25) is 5.91 Å². The maximum Gasteiger partial charge on any atom is 0.407 e. The molecule has 2 aromatic rings. The Balaban J connectivity index is 1.55. The van der Waals surface area contributed by atoms with E-state index >= 15 is 0 Å². The molecular formula is C21H22N2O6. The third kappa shape index (κ3) is 4.55. The van der Waals surface area contributed by atoms with E-state index < -0.39 is 36.7 Å². The molecule has 8 heteroatoms. The zero-order valence-electron chi connectivity index (χ0n) is 15.8. The van der Waals surface area contributed by atoms with Crippen LogP contribution in [0.2, 0.25) is 0 Å². The number of ether oxygens (including phenoxy) is 1. The van der Waals surface area contributed by atoms with E-state index in [1.165, 1.54) is 6.92 Å². The van der Waals surface area contributed by atoms with Crippen LogP contribution < -0.4 is 10.6 Å². The summed E-state index contributed by atoms with van der Waals surface area (Å²) in [7, 11) is 0. The highest BCUT2D eigenvalue weighted by molar-refractivity contribution is 5.87. The van der Waals surface area contributed by atoms with Crippen molar-refractivity contribution in [2.45, 2.75) is 25.0 Å². The van der Waals surface area contributed by atoms with Crippen molar-refractivity contribution in [3.63, 3.8) is 0 Å². The van der Waals surface area contributed by atoms with E-state index in [1.54, 1.807) is 0 Å². The minimum absolute atomic E-state index is 0.103. The van der Waals surface area contributed by atoms with Crippen LogP contribution in [0.4, 0.5) is 4.79 Å². The van der Waals surface area contributed by atoms with E-state index in [2.05, 4.69) is 10.6 Å². The number of fused-ring (bicyclic) bond motifs is 3. The largest absolute Gasteiger partial charge is 0.480 e. The minimum atomic E-state index is -1.45. The Morgan fingerprint density at radius 2 is 1.59 bits per heavy atom. The van der Waals surface area contributed by atoms with Gasteiger partial charge in [0.15, 0.2) is 6.04 Å². The van der Waals surface area contributed by atoms with Crippen molar-refractivity contribution in [1.29, 1.82) is 0 Å². The number of alkyl carbamates (subject to hydrolysis) is 1. The molecule has 3 rings (SSSR count). The first-order valence-corrected chi connectivity index (χ1v) is 9.17. The number of aliphatic hydroxyl groups excluding tert-OH is 1. The molecule has 0 heterocycles. The van der Waals surface area contributed by atoms with Gasteiger partial charge in [-0.25, -0.2) is 9.59 Å². The zero-order valence-corrected chi connectivity index (χ0v) is 15.8. The van der Waals surface area contributed by atoms with Crippen LogP contribution in [0.25, 0.3) is 11.1 Å². The van der Waals surface area contributed by atoms with Gasteiger partial charge in [-0.3, -0.25) is 4.79 Å². The number of carbonyl (C=O) groups excluding carboxylic acids is 2. The normalized spacial score (nSPS) is 14.3. The molecule has 0 fully saturated rings. The predicted molar refractivity (Wildman–Crippen MR) is 104 cm³/mol. The Kier molecular flexibility index (Phi) is 6.13. The van der Waals surface area contributed by atoms with Gasteiger partial charge in [-0.1, -0.05) is 48.5 Å². The highest BCUT2D eigenvalue weighted by atomic mass is 16.5. The first-order chi connectivity index (χ1) is 13.9. The number of aliphatic carboxylic acids is 1. The lowest BCUT2D eigenvalue weighted by Crippen LogP contribution is -2.50. The van der Waals surface area contributed by atoms with Crippen molar-refractivity contribution in [2.24, 2.45) is 0 Å². The maximum absolute atomic E-state index is 12.0. The van der Waals surface area contributed by atoms with Crippen LogP contribution in [0.3, 0.4) is 0 Å². The average molecular weight is 398 g/mol. The third-order valence-electron chi connectivity index (χ3n) is 4.80. The van der Waals surface area contributed by atoms with Crippen molar-refractivity contribution in [1.82, 2.24) is 10.6 Å². The summed E-state index contributed by atoms with van der Waals surface area (Å²) in [5.41, 5.74) is 4.35. The second-order valence-electron chi connectivity index (χ2n) is 6.80. The van der Waals surface area contributed by atoms with Crippen LogP contribution in [0.1, 0.15) is 24.0 Å². The number of amides is 2. The number of carboxylic acids is 1. The van der Waals surface area contributed by atoms with Crippen molar-refractivity contribution in [3.8, 4) is 11.1 Å². The Bertz CT molecular complexity index is 881. The average Bonchev–Trinajstić information content (AvgIpc) is 3.02. The fourth-order valence-electron chi connectivity index (χ4n) is 3.42. The summed E-state index contributed by atoms with van der Waals surface area (Å²) in [5.74, 6) is -2.21. The maximum atomic E-state index is 12.0. The van der Waals surface area contributed by atoms with Crippen LogP contribution in [0.5, 0.6) is 0 Å². The van der Waals surface area contributed by atoms with Gasteiger partial charge in [-0.05, 0) is 29.2 Å². The van der Waals surface area contributed by atoms with E-state index in [0.29, 0.717) is 0 Å². The molecule has 0 saturated heterocycles. The molecule has 2 amide bonds. The lowest BCUT2D eigenvalue weighted by Gasteiger charge is -2.17. The molecule has 0 radical (unpaired) electrons. The zero-order chi connectivity index (χ0) is 21.0. The molecule has 0 aromatic heterocycles. The summed E-state index contributed by atoms with van der Waals surface area (Å²) < 4.78 is 5.29. The predicted octanol–water partition coefficient (Wildman–Crippen LogP) is 1.48. The smallest absolute Gasteiger partial charge is 0.407 e. The summed E-state index contributed by atoms with van der Waals surface area (Å²) in [4.78, 5) is 34.8. The van der Waals surface area contributed by atoms with Gasteiger partial charge in [-0.2, -0.15) is 0 Å². The molecule has 0 bridgehead atoms. The van der Waals surface area contributed by atoms with Gasteiger partial charge in [0.1, 0.15) is 13.2 Å². The number of hydrogen-bond donors (Lipinski definition) is 4. The van der Waals surface area contributed by atoms with Crippen LogP contribution in [-0.2, 0) is 14.3 Å². The van der Waals surface area contributed by atoms with Gasteiger partial charge in [0.25, 0.3) is 0 Å². The molecule has 2 aromatic carbocycles. The fraction of sp³-hybridized carbons (Fsp3) is 0.286. The first-order valence-electron chi connectivity index (χ1n) is 9.17. The van der Waals surface area contributed by atoms with Crippen molar-refractivity contribution >= 4 is 18.0 Å². The number of rotatable bonds is 7. The summed E-state index contributed by atoms with van der Waals surface area (Å²) in [6.07, 6.45) is -2.06. The molecule has 2 atom stereocenters. The molecule has 1 aliphatic carbocycles. The lowest BCUT2D eigenvalue weighted by molar-refractivity contribution is -0.144. The SMILES string of the molecule is C[C@@H](O)[C@H](NC(=O)CNC(=O)OCC1c2ccccc2-c2ccccc21)C(=O)O. The van der Waals surface area contributed by atoms with Crippen molar-refractivity contribution in [2.75, 3.05) is 13.2 Å². The Hall–Kier alpha value is -3.39. The van der Waals surface area contributed by atoms with E-state index in [1.807, 2.05) is 48.5 Å². The Labute approximate surface area is 167 Å². The molecule has 152 valence electrons. The summed E-state index contributed by atoms with van der Waals surface area (Å²) in [5, 5.41) is 22.7. The monoisotopic (exact) mass is 398 g/mol. The first kappa shape index (κ1) is 20.3. The number of aliphatic hydroxyl groups is 1. The summed E-state index contributed by atoms with van der Waals surface area (Å²) >= 11 is 0. The molecule has 0 aliphatic heterocycles. The highest BCUT2D eigenvalue weighted by Crippen LogP contribution is 2.44. The number of hydrogen-bond acceptors (Lipinski definition) is 5. The summed E-state index contributed by atoms with van der Waals surface area (Å²) in [6, 6.07) is 14.4. The second-order valence-corrected chi connectivity index (χ2v) is 6.80. The standard InChI is InChI=1S/C21H22N2O6/c1-12(24)19(20(26)27)23-18(25)10-22-21(28)29-11-17-15-8-4-2-6-13(15)14-7-3-5-9-16(14)17/h2-9,12,17,19,24H,10-11H2,1H3,(H,22,28)(H,23,25)(H,26,27)/t12-,19+/m1/s1. The molecule has 0 saturated carbocycles. The van der Waals surface area contributed by atoms with Crippen LogP contribution in [0, 0.1) is 0 Å². The molecule has 8 nitrogen and oxygen atoms in total. The van der Waals surface area contributed by atoms with Gasteiger partial charge >= 0.3 is 12.1 Å². The highest BCUT2D eigenvalue weighted by Gasteiger charge is 2.29. The third-order valence-corrected chi connectivity index (χ3v) is 4.80.